The highest BCUT2D eigenvalue weighted by Gasteiger charge is 2.12. The van der Waals surface area contributed by atoms with E-state index >= 15 is 0 Å². The first-order chi connectivity index (χ1) is 11.1. The number of hydrogen-bond acceptors (Lipinski definition) is 4. The summed E-state index contributed by atoms with van der Waals surface area (Å²) in [6.07, 6.45) is 3.00. The summed E-state index contributed by atoms with van der Waals surface area (Å²) in [6, 6.07) is 8.46. The second kappa shape index (κ2) is 8.14. The summed E-state index contributed by atoms with van der Waals surface area (Å²) in [4.78, 5) is 27.7. The van der Waals surface area contributed by atoms with Gasteiger partial charge in [0.2, 0.25) is 11.8 Å². The summed E-state index contributed by atoms with van der Waals surface area (Å²) in [5, 5.41) is 5.73. The molecule has 2 aromatic rings. The number of aromatic nitrogens is 1. The van der Waals surface area contributed by atoms with Gasteiger partial charge < -0.3 is 15.4 Å². The van der Waals surface area contributed by atoms with Gasteiger partial charge in [-0.1, -0.05) is 17.7 Å². The van der Waals surface area contributed by atoms with Crippen LogP contribution >= 0.6 is 11.6 Å². The van der Waals surface area contributed by atoms with Gasteiger partial charge in [-0.15, -0.1) is 0 Å². The Morgan fingerprint density at radius 1 is 1.26 bits per heavy atom. The summed E-state index contributed by atoms with van der Waals surface area (Å²) in [6.45, 7) is 0.320. The number of nitrogens with one attached hydrogen (secondary N) is 2. The molecule has 1 heterocycles. The Kier molecular flexibility index (Phi) is 5.94. The molecule has 0 spiro atoms. The molecule has 2 N–H and O–H groups in total. The lowest BCUT2D eigenvalue weighted by Gasteiger charge is -2.10. The van der Waals surface area contributed by atoms with Gasteiger partial charge in [0.05, 0.1) is 12.8 Å². The molecule has 0 saturated carbocycles. The van der Waals surface area contributed by atoms with Crippen molar-refractivity contribution >= 4 is 29.1 Å². The normalized spacial score (nSPS) is 10.0. The predicted molar refractivity (Wildman–Crippen MR) is 87.3 cm³/mol. The number of benzene rings is 1. The summed E-state index contributed by atoms with van der Waals surface area (Å²) in [7, 11) is 1.49. The zero-order valence-corrected chi connectivity index (χ0v) is 13.3. The average molecular weight is 334 g/mol. The van der Waals surface area contributed by atoms with Crippen LogP contribution in [0, 0.1) is 0 Å². The van der Waals surface area contributed by atoms with E-state index in [0.717, 1.165) is 5.56 Å². The minimum absolute atomic E-state index is 0.296. The Morgan fingerprint density at radius 2 is 2.09 bits per heavy atom. The predicted octanol–water partition coefficient (Wildman–Crippen LogP) is 2.39. The highest BCUT2D eigenvalue weighted by molar-refractivity contribution is 6.31. The van der Waals surface area contributed by atoms with Gasteiger partial charge in [-0.25, -0.2) is 0 Å². The molecule has 0 radical (unpaired) electrons. The first-order valence-electron chi connectivity index (χ1n) is 6.87. The third-order valence-corrected chi connectivity index (χ3v) is 3.20. The van der Waals surface area contributed by atoms with E-state index < -0.39 is 5.91 Å². The minimum atomic E-state index is -0.450. The van der Waals surface area contributed by atoms with Crippen LogP contribution in [0.1, 0.15) is 12.0 Å². The Labute approximate surface area is 138 Å². The lowest BCUT2D eigenvalue weighted by Crippen LogP contribution is -2.27. The van der Waals surface area contributed by atoms with Crippen LogP contribution in [0.25, 0.3) is 0 Å². The summed E-state index contributed by atoms with van der Waals surface area (Å²) in [5.74, 6) is -0.361. The number of hydrogen-bond donors (Lipinski definition) is 2. The lowest BCUT2D eigenvalue weighted by atomic mass is 10.2. The van der Waals surface area contributed by atoms with Crippen LogP contribution in [0.15, 0.2) is 42.7 Å². The largest absolute Gasteiger partial charge is 0.495 e. The maximum Gasteiger partial charge on any atom is 0.233 e. The molecule has 7 heteroatoms. The minimum Gasteiger partial charge on any atom is -0.495 e. The molecule has 0 unspecified atom stereocenters. The first-order valence-corrected chi connectivity index (χ1v) is 7.25. The van der Waals surface area contributed by atoms with Gasteiger partial charge in [0.1, 0.15) is 12.2 Å². The molecule has 0 aliphatic heterocycles. The van der Waals surface area contributed by atoms with Crippen molar-refractivity contribution in [2.45, 2.75) is 13.0 Å². The van der Waals surface area contributed by atoms with Crippen LogP contribution in [-0.2, 0) is 16.1 Å². The number of ether oxygens (including phenoxy) is 1. The number of nitrogens with zero attached hydrogens (tertiary/aromatic N) is 1. The molecule has 1 aromatic carbocycles. The Bertz CT molecular complexity index is 692. The van der Waals surface area contributed by atoms with Crippen molar-refractivity contribution in [2.75, 3.05) is 12.4 Å². The highest BCUT2D eigenvalue weighted by Crippen LogP contribution is 2.27. The van der Waals surface area contributed by atoms with Crippen LogP contribution < -0.4 is 15.4 Å². The van der Waals surface area contributed by atoms with E-state index in [4.69, 9.17) is 16.3 Å². The van der Waals surface area contributed by atoms with E-state index in [1.807, 2.05) is 6.07 Å². The van der Waals surface area contributed by atoms with Crippen molar-refractivity contribution in [3.63, 3.8) is 0 Å². The van der Waals surface area contributed by atoms with E-state index in [1.165, 1.54) is 7.11 Å². The quantitative estimate of drug-likeness (QED) is 0.795. The fourth-order valence-electron chi connectivity index (χ4n) is 1.88. The third kappa shape index (κ3) is 5.27. The molecular formula is C16H16ClN3O3. The maximum atomic E-state index is 11.9. The van der Waals surface area contributed by atoms with E-state index in [9.17, 15) is 9.59 Å². The molecule has 0 fully saturated rings. The van der Waals surface area contributed by atoms with Crippen LogP contribution in [0.3, 0.4) is 0 Å². The van der Waals surface area contributed by atoms with Crippen molar-refractivity contribution in [3.05, 3.63) is 53.3 Å². The van der Waals surface area contributed by atoms with Gasteiger partial charge in [0, 0.05) is 24.0 Å². The summed E-state index contributed by atoms with van der Waals surface area (Å²) in [5.41, 5.74) is 1.28. The zero-order chi connectivity index (χ0) is 16.7. The molecule has 1 aromatic heterocycles. The average Bonchev–Trinajstić information content (AvgIpc) is 2.54. The van der Waals surface area contributed by atoms with E-state index in [1.54, 1.807) is 36.7 Å². The van der Waals surface area contributed by atoms with Crippen molar-refractivity contribution < 1.29 is 14.3 Å². The van der Waals surface area contributed by atoms with Crippen LogP contribution in [0.5, 0.6) is 5.75 Å². The topological polar surface area (TPSA) is 80.3 Å². The molecule has 2 rings (SSSR count). The van der Waals surface area contributed by atoms with E-state index in [-0.39, 0.29) is 12.3 Å². The monoisotopic (exact) mass is 333 g/mol. The van der Waals surface area contributed by atoms with Crippen LogP contribution in [-0.4, -0.2) is 23.9 Å². The second-order valence-corrected chi connectivity index (χ2v) is 5.14. The van der Waals surface area contributed by atoms with Crippen molar-refractivity contribution in [2.24, 2.45) is 0 Å². The van der Waals surface area contributed by atoms with Crippen LogP contribution in [0.2, 0.25) is 5.02 Å². The molecule has 0 saturated heterocycles. The molecule has 6 nitrogen and oxygen atoms in total. The van der Waals surface area contributed by atoms with Gasteiger partial charge in [0.25, 0.3) is 0 Å². The number of pyridine rings is 1. The smallest absolute Gasteiger partial charge is 0.233 e. The molecular weight excluding hydrogens is 318 g/mol. The first kappa shape index (κ1) is 16.8. The third-order valence-electron chi connectivity index (χ3n) is 2.97. The number of rotatable bonds is 6. The maximum absolute atomic E-state index is 11.9. The van der Waals surface area contributed by atoms with Crippen molar-refractivity contribution in [1.82, 2.24) is 10.3 Å². The molecule has 0 aliphatic carbocycles. The second-order valence-electron chi connectivity index (χ2n) is 4.71. The zero-order valence-electron chi connectivity index (χ0n) is 12.5. The van der Waals surface area contributed by atoms with Gasteiger partial charge in [-0.05, 0) is 29.8 Å². The molecule has 0 bridgehead atoms. The van der Waals surface area contributed by atoms with Crippen molar-refractivity contribution in [1.29, 1.82) is 0 Å². The fourth-order valence-corrected chi connectivity index (χ4v) is 2.06. The molecule has 120 valence electrons. The fraction of sp³-hybridized carbons (Fsp3) is 0.188. The summed E-state index contributed by atoms with van der Waals surface area (Å²) < 4.78 is 5.13. The van der Waals surface area contributed by atoms with Crippen LogP contribution in [0.4, 0.5) is 5.69 Å². The Morgan fingerprint density at radius 3 is 2.78 bits per heavy atom. The van der Waals surface area contributed by atoms with E-state index in [2.05, 4.69) is 15.6 Å². The number of methoxy groups -OCH3 is 1. The molecule has 23 heavy (non-hydrogen) atoms. The standard InChI is InChI=1S/C16H16ClN3O3/c1-23-14-5-4-12(17)7-13(14)20-16(22)8-15(21)19-10-11-3-2-6-18-9-11/h2-7,9H,8,10H2,1H3,(H,19,21)(H,20,22). The molecule has 0 atom stereocenters. The Hall–Kier alpha value is -2.60. The lowest BCUT2D eigenvalue weighted by molar-refractivity contribution is -0.126. The highest BCUT2D eigenvalue weighted by atomic mass is 35.5. The van der Waals surface area contributed by atoms with Gasteiger partial charge in [0.15, 0.2) is 0 Å². The van der Waals surface area contributed by atoms with Gasteiger partial charge in [-0.2, -0.15) is 0 Å². The molecule has 0 aliphatic rings. The SMILES string of the molecule is COc1ccc(Cl)cc1NC(=O)CC(=O)NCc1cccnc1. The number of halogens is 1. The molecule has 2 amide bonds. The van der Waals surface area contributed by atoms with Crippen molar-refractivity contribution in [3.8, 4) is 5.75 Å². The van der Waals surface area contributed by atoms with Gasteiger partial charge in [-0.3, -0.25) is 14.6 Å². The number of anilines is 1. The van der Waals surface area contributed by atoms with Gasteiger partial charge >= 0.3 is 0 Å². The number of carbonyl (C=O) groups excluding carboxylic acids is 2. The number of amides is 2. The summed E-state index contributed by atoms with van der Waals surface area (Å²) >= 11 is 5.89. The van der Waals surface area contributed by atoms with E-state index in [0.29, 0.717) is 23.0 Å². The number of carbonyl (C=O) groups is 2. The Balaban J connectivity index is 1.87.